The molecular weight excluding hydrogens is 349 g/mol. The third-order valence-corrected chi connectivity index (χ3v) is 5.78. The Morgan fingerprint density at radius 1 is 1.15 bits per heavy atom. The van der Waals surface area contributed by atoms with Crippen molar-refractivity contribution in [2.24, 2.45) is 0 Å². The van der Waals surface area contributed by atoms with Gasteiger partial charge in [-0.1, -0.05) is 36.7 Å². The lowest BCUT2D eigenvalue weighted by atomic mass is 9.79. The zero-order valence-corrected chi connectivity index (χ0v) is 16.0. The Morgan fingerprint density at radius 2 is 1.77 bits per heavy atom. The number of amides is 1. The van der Waals surface area contributed by atoms with Gasteiger partial charge < -0.3 is 5.32 Å². The summed E-state index contributed by atoms with van der Waals surface area (Å²) >= 11 is 1.35. The van der Waals surface area contributed by atoms with Crippen molar-refractivity contribution in [3.63, 3.8) is 0 Å². The lowest BCUT2D eigenvalue weighted by Crippen LogP contribution is -2.39. The Kier molecular flexibility index (Phi) is 5.91. The second kappa shape index (κ2) is 8.16. The molecule has 0 spiro atoms. The molecular formula is C20H24FN3OS. The Hall–Kier alpha value is -1.95. The van der Waals surface area contributed by atoms with Crippen LogP contribution in [0.2, 0.25) is 0 Å². The van der Waals surface area contributed by atoms with E-state index in [-0.39, 0.29) is 17.1 Å². The maximum atomic E-state index is 13.2. The van der Waals surface area contributed by atoms with Gasteiger partial charge in [-0.2, -0.15) is 0 Å². The van der Waals surface area contributed by atoms with E-state index in [9.17, 15) is 9.18 Å². The molecule has 0 aliphatic heterocycles. The second-order valence-corrected chi connectivity index (χ2v) is 7.94. The highest BCUT2D eigenvalue weighted by molar-refractivity contribution is 7.99. The van der Waals surface area contributed by atoms with Crippen molar-refractivity contribution in [1.29, 1.82) is 0 Å². The van der Waals surface area contributed by atoms with Crippen LogP contribution in [-0.4, -0.2) is 28.2 Å². The first-order valence-corrected chi connectivity index (χ1v) is 9.93. The molecule has 26 heavy (non-hydrogen) atoms. The fourth-order valence-electron chi connectivity index (χ4n) is 3.63. The fraction of sp³-hybridized carbons (Fsp3) is 0.450. The summed E-state index contributed by atoms with van der Waals surface area (Å²) in [6.07, 6.45) is 4.31. The van der Waals surface area contributed by atoms with E-state index in [0.717, 1.165) is 42.6 Å². The molecule has 1 saturated carbocycles. The predicted octanol–water partition coefficient (Wildman–Crippen LogP) is 3.95. The van der Waals surface area contributed by atoms with E-state index >= 15 is 0 Å². The Bertz CT molecular complexity index is 753. The van der Waals surface area contributed by atoms with E-state index in [1.807, 2.05) is 32.0 Å². The topological polar surface area (TPSA) is 54.9 Å². The third-order valence-electron chi connectivity index (χ3n) is 4.94. The molecule has 1 aliphatic carbocycles. The summed E-state index contributed by atoms with van der Waals surface area (Å²) in [6.45, 7) is 4.43. The zero-order chi connectivity index (χ0) is 18.6. The van der Waals surface area contributed by atoms with Crippen molar-refractivity contribution in [1.82, 2.24) is 15.3 Å². The lowest BCUT2D eigenvalue weighted by Gasteiger charge is -2.30. The number of benzene rings is 1. The van der Waals surface area contributed by atoms with Crippen LogP contribution in [0.25, 0.3) is 0 Å². The highest BCUT2D eigenvalue weighted by atomic mass is 32.2. The number of halogens is 1. The number of nitrogens with zero attached hydrogens (tertiary/aromatic N) is 2. The molecule has 4 nitrogen and oxygen atoms in total. The van der Waals surface area contributed by atoms with E-state index in [2.05, 4.69) is 15.3 Å². The summed E-state index contributed by atoms with van der Waals surface area (Å²) in [6, 6.07) is 8.63. The van der Waals surface area contributed by atoms with E-state index in [1.54, 1.807) is 0 Å². The monoisotopic (exact) mass is 373 g/mol. The summed E-state index contributed by atoms with van der Waals surface area (Å²) < 4.78 is 13.2. The van der Waals surface area contributed by atoms with Crippen LogP contribution in [-0.2, 0) is 10.2 Å². The van der Waals surface area contributed by atoms with Gasteiger partial charge in [-0.25, -0.2) is 14.4 Å². The van der Waals surface area contributed by atoms with Gasteiger partial charge in [0.1, 0.15) is 5.82 Å². The molecule has 0 radical (unpaired) electrons. The van der Waals surface area contributed by atoms with Gasteiger partial charge in [0.15, 0.2) is 5.16 Å². The van der Waals surface area contributed by atoms with Gasteiger partial charge in [0.2, 0.25) is 5.91 Å². The minimum atomic E-state index is -0.226. The molecule has 0 bridgehead atoms. The summed E-state index contributed by atoms with van der Waals surface area (Å²) in [5.74, 6) is 0.0458. The molecule has 1 amide bonds. The van der Waals surface area contributed by atoms with Crippen molar-refractivity contribution < 1.29 is 9.18 Å². The largest absolute Gasteiger partial charge is 0.354 e. The van der Waals surface area contributed by atoms with Crippen LogP contribution in [0.1, 0.15) is 42.6 Å². The first kappa shape index (κ1) is 18.8. The summed E-state index contributed by atoms with van der Waals surface area (Å²) in [4.78, 5) is 21.0. The number of aromatic nitrogens is 2. The van der Waals surface area contributed by atoms with Gasteiger partial charge in [0.05, 0.1) is 5.75 Å². The van der Waals surface area contributed by atoms with E-state index in [4.69, 9.17) is 0 Å². The molecule has 1 aromatic heterocycles. The van der Waals surface area contributed by atoms with Crippen LogP contribution >= 0.6 is 11.8 Å². The van der Waals surface area contributed by atoms with Crippen molar-refractivity contribution in [2.45, 2.75) is 50.1 Å². The normalized spacial score (nSPS) is 15.8. The Morgan fingerprint density at radius 3 is 2.38 bits per heavy atom. The SMILES string of the molecule is Cc1cc(C)nc(SCC(=O)NCC2(c3ccc(F)cc3)CCCC2)n1. The fourth-order valence-corrected chi connectivity index (χ4v) is 4.41. The number of hydrogen-bond acceptors (Lipinski definition) is 4. The summed E-state index contributed by atoms with van der Waals surface area (Å²) in [5.41, 5.74) is 2.84. The van der Waals surface area contributed by atoms with Gasteiger partial charge in [-0.3, -0.25) is 4.79 Å². The first-order valence-electron chi connectivity index (χ1n) is 8.95. The molecule has 3 rings (SSSR count). The van der Waals surface area contributed by atoms with Crippen LogP contribution in [0.15, 0.2) is 35.5 Å². The quantitative estimate of drug-likeness (QED) is 0.615. The van der Waals surface area contributed by atoms with Crippen molar-refractivity contribution in [3.05, 3.63) is 53.1 Å². The molecule has 0 atom stereocenters. The van der Waals surface area contributed by atoms with Gasteiger partial charge in [-0.15, -0.1) is 0 Å². The molecule has 6 heteroatoms. The molecule has 0 unspecified atom stereocenters. The minimum Gasteiger partial charge on any atom is -0.354 e. The summed E-state index contributed by atoms with van der Waals surface area (Å²) in [5, 5.41) is 3.70. The highest BCUT2D eigenvalue weighted by Gasteiger charge is 2.35. The van der Waals surface area contributed by atoms with Gasteiger partial charge in [-0.05, 0) is 50.5 Å². The number of thioether (sulfide) groups is 1. The maximum absolute atomic E-state index is 13.2. The summed E-state index contributed by atoms with van der Waals surface area (Å²) in [7, 11) is 0. The minimum absolute atomic E-state index is 0.0221. The number of hydrogen-bond donors (Lipinski definition) is 1. The van der Waals surface area contributed by atoms with Crippen molar-refractivity contribution in [2.75, 3.05) is 12.3 Å². The van der Waals surface area contributed by atoms with Crippen LogP contribution in [0.5, 0.6) is 0 Å². The van der Waals surface area contributed by atoms with E-state index in [0.29, 0.717) is 17.5 Å². The molecule has 0 saturated heterocycles. The van der Waals surface area contributed by atoms with Crippen molar-refractivity contribution in [3.8, 4) is 0 Å². The molecule has 1 aromatic carbocycles. The highest BCUT2D eigenvalue weighted by Crippen LogP contribution is 2.40. The average Bonchev–Trinajstić information content (AvgIpc) is 3.08. The molecule has 138 valence electrons. The lowest BCUT2D eigenvalue weighted by molar-refractivity contribution is -0.118. The van der Waals surface area contributed by atoms with Crippen LogP contribution < -0.4 is 5.32 Å². The Labute approximate surface area is 158 Å². The second-order valence-electron chi connectivity index (χ2n) is 6.99. The number of carbonyl (C=O) groups is 1. The van der Waals surface area contributed by atoms with Gasteiger partial charge >= 0.3 is 0 Å². The van der Waals surface area contributed by atoms with Crippen LogP contribution in [0.4, 0.5) is 4.39 Å². The third kappa shape index (κ3) is 4.61. The number of nitrogens with one attached hydrogen (secondary N) is 1. The van der Waals surface area contributed by atoms with E-state index < -0.39 is 0 Å². The predicted molar refractivity (Wildman–Crippen MR) is 102 cm³/mol. The smallest absolute Gasteiger partial charge is 0.230 e. The van der Waals surface area contributed by atoms with Gasteiger partial charge in [0, 0.05) is 23.3 Å². The molecule has 1 heterocycles. The van der Waals surface area contributed by atoms with Gasteiger partial charge in [0.25, 0.3) is 0 Å². The zero-order valence-electron chi connectivity index (χ0n) is 15.2. The van der Waals surface area contributed by atoms with Crippen LogP contribution in [0.3, 0.4) is 0 Å². The molecule has 1 fully saturated rings. The molecule has 2 aromatic rings. The molecule has 1 aliphatic rings. The first-order chi connectivity index (χ1) is 12.5. The van der Waals surface area contributed by atoms with Crippen molar-refractivity contribution >= 4 is 17.7 Å². The standard InChI is InChI=1S/C20H24FN3OS/c1-14-11-15(2)24-19(23-14)26-12-18(25)22-13-20(9-3-4-10-20)16-5-7-17(21)8-6-16/h5-8,11H,3-4,9-10,12-13H2,1-2H3,(H,22,25). The molecule has 1 N–H and O–H groups in total. The average molecular weight is 373 g/mol. The number of rotatable bonds is 6. The number of carbonyl (C=O) groups excluding carboxylic acids is 1. The maximum Gasteiger partial charge on any atom is 0.230 e. The van der Waals surface area contributed by atoms with Crippen LogP contribution in [0, 0.1) is 19.7 Å². The number of aryl methyl sites for hydroxylation is 2. The Balaban J connectivity index is 1.59. The van der Waals surface area contributed by atoms with E-state index in [1.165, 1.54) is 23.9 Å².